The van der Waals surface area contributed by atoms with E-state index in [1.807, 2.05) is 0 Å². The van der Waals surface area contributed by atoms with Crippen LogP contribution in [0.2, 0.25) is 0 Å². The van der Waals surface area contributed by atoms with Crippen LogP contribution in [0, 0.1) is 0 Å². The lowest BCUT2D eigenvalue weighted by Gasteiger charge is -2.48. The van der Waals surface area contributed by atoms with Crippen molar-refractivity contribution in [1.29, 1.82) is 0 Å². The SMILES string of the molecule is CC(C)N1CC2(CN(C(=O)CCS(C)(=O)=O)C2)c2nccnc21. The number of hydrogen-bond donors (Lipinski definition) is 0. The lowest BCUT2D eigenvalue weighted by atomic mass is 9.78. The van der Waals surface area contributed by atoms with Crippen LogP contribution in [0.1, 0.15) is 26.0 Å². The van der Waals surface area contributed by atoms with Gasteiger partial charge in [0.15, 0.2) is 5.82 Å². The number of nitrogens with zero attached hydrogens (tertiary/aromatic N) is 4. The van der Waals surface area contributed by atoms with E-state index in [1.165, 1.54) is 0 Å². The van der Waals surface area contributed by atoms with Gasteiger partial charge in [-0.25, -0.2) is 13.4 Å². The Kier molecular flexibility index (Phi) is 3.82. The molecule has 0 N–H and O–H groups in total. The molecule has 1 amide bonds. The van der Waals surface area contributed by atoms with Gasteiger partial charge in [0.25, 0.3) is 0 Å². The maximum Gasteiger partial charge on any atom is 0.223 e. The van der Waals surface area contributed by atoms with E-state index in [2.05, 4.69) is 28.7 Å². The lowest BCUT2D eigenvalue weighted by molar-refractivity contribution is -0.138. The fraction of sp³-hybridized carbons (Fsp3) is 0.667. The first kappa shape index (κ1) is 16.2. The van der Waals surface area contributed by atoms with Crippen LogP contribution in [0.3, 0.4) is 0 Å². The molecular weight excluding hydrogens is 316 g/mol. The molecule has 0 saturated carbocycles. The molecule has 1 spiro atoms. The van der Waals surface area contributed by atoms with Gasteiger partial charge in [-0.15, -0.1) is 0 Å². The Bertz CT molecular complexity index is 726. The number of rotatable bonds is 4. The standard InChI is InChI=1S/C15H22N4O3S/c1-11(2)19-10-15(13-14(19)17-6-5-16-13)8-18(9-15)12(20)4-7-23(3,21)22/h5-6,11H,4,7-10H2,1-3H3. The predicted octanol–water partition coefficient (Wildman–Crippen LogP) is 0.220. The molecule has 23 heavy (non-hydrogen) atoms. The molecule has 1 aromatic heterocycles. The van der Waals surface area contributed by atoms with Gasteiger partial charge in [0.05, 0.1) is 16.9 Å². The molecule has 2 aliphatic rings. The third-order valence-electron chi connectivity index (χ3n) is 4.58. The molecule has 2 aliphatic heterocycles. The van der Waals surface area contributed by atoms with Gasteiger partial charge >= 0.3 is 0 Å². The van der Waals surface area contributed by atoms with E-state index >= 15 is 0 Å². The van der Waals surface area contributed by atoms with E-state index in [4.69, 9.17) is 0 Å². The maximum atomic E-state index is 12.2. The highest BCUT2D eigenvalue weighted by Gasteiger charge is 2.54. The molecular formula is C15H22N4O3S. The van der Waals surface area contributed by atoms with Crippen LogP contribution in [0.5, 0.6) is 0 Å². The highest BCUT2D eigenvalue weighted by Crippen LogP contribution is 2.44. The molecule has 8 heteroatoms. The quantitative estimate of drug-likeness (QED) is 0.781. The van der Waals surface area contributed by atoms with Gasteiger partial charge in [-0.2, -0.15) is 0 Å². The molecule has 3 rings (SSSR count). The molecule has 0 radical (unpaired) electrons. The summed E-state index contributed by atoms with van der Waals surface area (Å²) in [7, 11) is -3.11. The van der Waals surface area contributed by atoms with E-state index in [0.717, 1.165) is 24.3 Å². The minimum absolute atomic E-state index is 0.0517. The Hall–Kier alpha value is -1.70. The number of carbonyl (C=O) groups excluding carboxylic acids is 1. The van der Waals surface area contributed by atoms with Crippen molar-refractivity contribution in [1.82, 2.24) is 14.9 Å². The second-order valence-electron chi connectivity index (χ2n) is 6.86. The number of likely N-dealkylation sites (tertiary alicyclic amines) is 1. The van der Waals surface area contributed by atoms with Crippen molar-refractivity contribution in [2.45, 2.75) is 31.7 Å². The van der Waals surface area contributed by atoms with Crippen LogP contribution >= 0.6 is 0 Å². The molecule has 0 aliphatic carbocycles. The summed E-state index contributed by atoms with van der Waals surface area (Å²) in [6.45, 7) is 6.21. The van der Waals surface area contributed by atoms with Crippen molar-refractivity contribution in [3.63, 3.8) is 0 Å². The van der Waals surface area contributed by atoms with Crippen LogP contribution in [-0.4, -0.2) is 66.9 Å². The Labute approximate surface area is 136 Å². The van der Waals surface area contributed by atoms with E-state index in [9.17, 15) is 13.2 Å². The lowest BCUT2D eigenvalue weighted by Crippen LogP contribution is -2.63. The molecule has 1 aromatic rings. The van der Waals surface area contributed by atoms with Gasteiger partial charge in [-0.05, 0) is 13.8 Å². The van der Waals surface area contributed by atoms with Crippen molar-refractivity contribution < 1.29 is 13.2 Å². The van der Waals surface area contributed by atoms with Gasteiger partial charge in [0.1, 0.15) is 9.84 Å². The first-order valence-corrected chi connectivity index (χ1v) is 9.81. The van der Waals surface area contributed by atoms with Crippen LogP contribution in [0.25, 0.3) is 0 Å². The van der Waals surface area contributed by atoms with Crippen LogP contribution in [0.15, 0.2) is 12.4 Å². The van der Waals surface area contributed by atoms with E-state index in [1.54, 1.807) is 17.3 Å². The second-order valence-corrected chi connectivity index (χ2v) is 9.12. The highest BCUT2D eigenvalue weighted by molar-refractivity contribution is 7.90. The molecule has 0 unspecified atom stereocenters. The molecule has 7 nitrogen and oxygen atoms in total. The topological polar surface area (TPSA) is 83.5 Å². The summed E-state index contributed by atoms with van der Waals surface area (Å²) in [6.07, 6.45) is 4.59. The van der Waals surface area contributed by atoms with Gasteiger partial charge in [0, 0.05) is 50.7 Å². The summed E-state index contributed by atoms with van der Waals surface area (Å²) in [5.41, 5.74) is 0.801. The summed E-state index contributed by atoms with van der Waals surface area (Å²) >= 11 is 0. The van der Waals surface area contributed by atoms with Crippen molar-refractivity contribution in [2.75, 3.05) is 36.5 Å². The number of anilines is 1. The van der Waals surface area contributed by atoms with Crippen LogP contribution < -0.4 is 4.90 Å². The van der Waals surface area contributed by atoms with Crippen molar-refractivity contribution in [3.05, 3.63) is 18.1 Å². The fourth-order valence-electron chi connectivity index (χ4n) is 3.36. The molecule has 1 fully saturated rings. The van der Waals surface area contributed by atoms with Crippen molar-refractivity contribution in [2.24, 2.45) is 0 Å². The average Bonchev–Trinajstić information content (AvgIpc) is 2.78. The van der Waals surface area contributed by atoms with Gasteiger partial charge in [0.2, 0.25) is 5.91 Å². The number of carbonyl (C=O) groups is 1. The number of sulfone groups is 1. The number of aromatic nitrogens is 2. The first-order chi connectivity index (χ1) is 10.7. The Morgan fingerprint density at radius 3 is 2.52 bits per heavy atom. The summed E-state index contributed by atoms with van der Waals surface area (Å²) < 4.78 is 22.4. The Morgan fingerprint density at radius 2 is 1.91 bits per heavy atom. The maximum absolute atomic E-state index is 12.2. The number of fused-ring (bicyclic) bond motifs is 2. The fourth-order valence-corrected chi connectivity index (χ4v) is 3.90. The largest absolute Gasteiger partial charge is 0.352 e. The number of hydrogen-bond acceptors (Lipinski definition) is 6. The summed E-state index contributed by atoms with van der Waals surface area (Å²) in [6, 6.07) is 0.319. The van der Waals surface area contributed by atoms with E-state index in [-0.39, 0.29) is 23.5 Å². The summed E-state index contributed by atoms with van der Waals surface area (Å²) in [5.74, 6) is 0.712. The molecule has 126 valence electrons. The third-order valence-corrected chi connectivity index (χ3v) is 5.52. The normalized spacial score (nSPS) is 19.1. The molecule has 1 saturated heterocycles. The molecule has 0 aromatic carbocycles. The van der Waals surface area contributed by atoms with E-state index in [0.29, 0.717) is 19.1 Å². The second kappa shape index (κ2) is 5.43. The minimum Gasteiger partial charge on any atom is -0.352 e. The first-order valence-electron chi connectivity index (χ1n) is 7.75. The predicted molar refractivity (Wildman–Crippen MR) is 87.1 cm³/mol. The average molecular weight is 338 g/mol. The van der Waals surface area contributed by atoms with Gasteiger partial charge in [-0.3, -0.25) is 9.78 Å². The molecule has 0 bridgehead atoms. The molecule has 3 heterocycles. The zero-order valence-electron chi connectivity index (χ0n) is 13.7. The molecule has 0 atom stereocenters. The van der Waals surface area contributed by atoms with Crippen molar-refractivity contribution >= 4 is 21.6 Å². The van der Waals surface area contributed by atoms with E-state index < -0.39 is 9.84 Å². The van der Waals surface area contributed by atoms with Crippen molar-refractivity contribution in [3.8, 4) is 0 Å². The number of amides is 1. The zero-order valence-corrected chi connectivity index (χ0v) is 14.5. The monoisotopic (exact) mass is 338 g/mol. The Balaban J connectivity index is 1.71. The van der Waals surface area contributed by atoms with Crippen LogP contribution in [0.4, 0.5) is 5.82 Å². The summed E-state index contributed by atoms with van der Waals surface area (Å²) in [4.78, 5) is 25.1. The minimum atomic E-state index is -3.11. The van der Waals surface area contributed by atoms with Crippen LogP contribution in [-0.2, 0) is 20.0 Å². The van der Waals surface area contributed by atoms with Gasteiger partial charge in [-0.1, -0.05) is 0 Å². The zero-order chi connectivity index (χ0) is 16.8. The smallest absolute Gasteiger partial charge is 0.223 e. The highest BCUT2D eigenvalue weighted by atomic mass is 32.2. The third kappa shape index (κ3) is 2.91. The summed E-state index contributed by atoms with van der Waals surface area (Å²) in [5, 5.41) is 0. The van der Waals surface area contributed by atoms with Gasteiger partial charge < -0.3 is 9.80 Å². The Morgan fingerprint density at radius 1 is 1.26 bits per heavy atom.